The molecule has 2 aromatic rings. The zero-order chi connectivity index (χ0) is 10.7. The van der Waals surface area contributed by atoms with Gasteiger partial charge in [-0.05, 0) is 11.6 Å². The second kappa shape index (κ2) is 4.00. The van der Waals surface area contributed by atoms with E-state index in [-0.39, 0.29) is 18.1 Å². The Balaban J connectivity index is 2.22. The maximum absolute atomic E-state index is 13.2. The molecular formula is C10H7FN2O2. The van der Waals surface area contributed by atoms with Crippen molar-refractivity contribution in [2.24, 2.45) is 0 Å². The van der Waals surface area contributed by atoms with Gasteiger partial charge in [-0.2, -0.15) is 4.98 Å². The van der Waals surface area contributed by atoms with E-state index in [1.807, 2.05) is 0 Å². The lowest BCUT2D eigenvalue weighted by Crippen LogP contribution is -1.94. The standard InChI is InChI=1S/C10H7FN2O2/c11-8-4-2-1-3-7(8)5-9-12-10(6-14)15-13-9/h1-4,6H,5H2. The summed E-state index contributed by atoms with van der Waals surface area (Å²) in [4.78, 5) is 14.0. The van der Waals surface area contributed by atoms with Crippen molar-refractivity contribution in [1.29, 1.82) is 0 Å². The van der Waals surface area contributed by atoms with Crippen LogP contribution in [0.4, 0.5) is 4.39 Å². The third kappa shape index (κ3) is 2.07. The summed E-state index contributed by atoms with van der Waals surface area (Å²) in [5, 5.41) is 3.54. The van der Waals surface area contributed by atoms with Gasteiger partial charge in [0.05, 0.1) is 0 Å². The van der Waals surface area contributed by atoms with E-state index in [0.717, 1.165) is 0 Å². The first-order valence-corrected chi connectivity index (χ1v) is 4.31. The molecule has 1 aromatic carbocycles. The molecule has 0 atom stereocenters. The second-order valence-corrected chi connectivity index (χ2v) is 2.93. The normalized spacial score (nSPS) is 10.2. The van der Waals surface area contributed by atoms with Crippen LogP contribution in [0.1, 0.15) is 22.1 Å². The number of aldehydes is 1. The summed E-state index contributed by atoms with van der Waals surface area (Å²) in [5.74, 6) is -0.126. The van der Waals surface area contributed by atoms with E-state index in [9.17, 15) is 9.18 Å². The summed E-state index contributed by atoms with van der Waals surface area (Å²) in [5.41, 5.74) is 0.468. The molecule has 0 fully saturated rings. The number of hydrogen-bond donors (Lipinski definition) is 0. The van der Waals surface area contributed by atoms with Crippen LogP contribution in [0.5, 0.6) is 0 Å². The van der Waals surface area contributed by atoms with Gasteiger partial charge in [0, 0.05) is 6.42 Å². The minimum absolute atomic E-state index is 0.0960. The summed E-state index contributed by atoms with van der Waals surface area (Å²) < 4.78 is 17.8. The fourth-order valence-corrected chi connectivity index (χ4v) is 1.20. The zero-order valence-corrected chi connectivity index (χ0v) is 7.68. The Morgan fingerprint density at radius 2 is 2.20 bits per heavy atom. The van der Waals surface area contributed by atoms with Gasteiger partial charge in [-0.3, -0.25) is 4.79 Å². The number of carbonyl (C=O) groups is 1. The Morgan fingerprint density at radius 3 is 2.87 bits per heavy atom. The summed E-state index contributed by atoms with van der Waals surface area (Å²) in [6.45, 7) is 0. The zero-order valence-electron chi connectivity index (χ0n) is 7.68. The number of carbonyl (C=O) groups excluding carboxylic acids is 1. The number of rotatable bonds is 3. The molecule has 5 heteroatoms. The number of hydrogen-bond acceptors (Lipinski definition) is 4. The van der Waals surface area contributed by atoms with Gasteiger partial charge in [0.1, 0.15) is 5.82 Å². The number of benzene rings is 1. The topological polar surface area (TPSA) is 56.0 Å². The van der Waals surface area contributed by atoms with Crippen molar-refractivity contribution in [2.75, 3.05) is 0 Å². The Morgan fingerprint density at radius 1 is 1.40 bits per heavy atom. The fraction of sp³-hybridized carbons (Fsp3) is 0.100. The average molecular weight is 206 g/mol. The predicted octanol–water partition coefficient (Wildman–Crippen LogP) is 1.61. The molecule has 0 radical (unpaired) electrons. The van der Waals surface area contributed by atoms with E-state index in [2.05, 4.69) is 14.7 Å². The van der Waals surface area contributed by atoms with Gasteiger partial charge in [-0.1, -0.05) is 23.4 Å². The SMILES string of the molecule is O=Cc1nc(Cc2ccccc2F)no1. The Bertz CT molecular complexity index is 482. The van der Waals surface area contributed by atoms with Crippen LogP contribution in [0.2, 0.25) is 0 Å². The van der Waals surface area contributed by atoms with Crippen LogP contribution in [0, 0.1) is 5.82 Å². The lowest BCUT2D eigenvalue weighted by Gasteiger charge is -1.97. The van der Waals surface area contributed by atoms with E-state index in [1.165, 1.54) is 6.07 Å². The molecule has 0 amide bonds. The summed E-state index contributed by atoms with van der Waals surface area (Å²) in [7, 11) is 0. The highest BCUT2D eigenvalue weighted by Gasteiger charge is 2.08. The lowest BCUT2D eigenvalue weighted by atomic mass is 10.1. The van der Waals surface area contributed by atoms with Crippen molar-refractivity contribution in [1.82, 2.24) is 10.1 Å². The molecule has 1 heterocycles. The van der Waals surface area contributed by atoms with Gasteiger partial charge in [-0.15, -0.1) is 0 Å². The van der Waals surface area contributed by atoms with Crippen molar-refractivity contribution in [3.63, 3.8) is 0 Å². The molecular weight excluding hydrogens is 199 g/mol. The molecule has 0 spiro atoms. The first-order chi connectivity index (χ1) is 7.29. The number of nitrogens with zero attached hydrogens (tertiary/aromatic N) is 2. The molecule has 2 rings (SSSR count). The Hall–Kier alpha value is -2.04. The summed E-state index contributed by atoms with van der Waals surface area (Å²) >= 11 is 0. The van der Waals surface area contributed by atoms with Crippen LogP contribution < -0.4 is 0 Å². The van der Waals surface area contributed by atoms with E-state index >= 15 is 0 Å². The van der Waals surface area contributed by atoms with Crippen molar-refractivity contribution < 1.29 is 13.7 Å². The van der Waals surface area contributed by atoms with Gasteiger partial charge in [-0.25, -0.2) is 4.39 Å². The first-order valence-electron chi connectivity index (χ1n) is 4.31. The molecule has 0 unspecified atom stereocenters. The van der Waals surface area contributed by atoms with Crippen LogP contribution in [0.25, 0.3) is 0 Å². The molecule has 1 aromatic heterocycles. The van der Waals surface area contributed by atoms with Crippen molar-refractivity contribution >= 4 is 6.29 Å². The maximum atomic E-state index is 13.2. The largest absolute Gasteiger partial charge is 0.331 e. The van der Waals surface area contributed by atoms with E-state index in [1.54, 1.807) is 18.2 Å². The quantitative estimate of drug-likeness (QED) is 0.716. The van der Waals surface area contributed by atoms with E-state index < -0.39 is 0 Å². The van der Waals surface area contributed by atoms with E-state index in [4.69, 9.17) is 0 Å². The molecule has 0 aliphatic rings. The van der Waals surface area contributed by atoms with Crippen LogP contribution in [0.3, 0.4) is 0 Å². The monoisotopic (exact) mass is 206 g/mol. The third-order valence-electron chi connectivity index (χ3n) is 1.89. The van der Waals surface area contributed by atoms with Gasteiger partial charge in [0.25, 0.3) is 5.89 Å². The first kappa shape index (κ1) is 9.51. The van der Waals surface area contributed by atoms with Crippen molar-refractivity contribution in [3.8, 4) is 0 Å². The predicted molar refractivity (Wildman–Crippen MR) is 48.9 cm³/mol. The van der Waals surface area contributed by atoms with Crippen LogP contribution in [-0.2, 0) is 6.42 Å². The summed E-state index contributed by atoms with van der Waals surface area (Å²) in [6, 6.07) is 6.31. The maximum Gasteiger partial charge on any atom is 0.290 e. The van der Waals surface area contributed by atoms with Gasteiger partial charge >= 0.3 is 0 Å². The smallest absolute Gasteiger partial charge is 0.290 e. The molecule has 0 aliphatic heterocycles. The molecule has 0 bridgehead atoms. The lowest BCUT2D eigenvalue weighted by molar-refractivity contribution is 0.108. The van der Waals surface area contributed by atoms with Gasteiger partial charge in [0.15, 0.2) is 5.82 Å². The fourth-order valence-electron chi connectivity index (χ4n) is 1.20. The molecule has 0 saturated heterocycles. The van der Waals surface area contributed by atoms with Crippen molar-refractivity contribution in [3.05, 3.63) is 47.4 Å². The summed E-state index contributed by atoms with van der Waals surface area (Å²) in [6.07, 6.45) is 0.669. The van der Waals surface area contributed by atoms with E-state index in [0.29, 0.717) is 17.7 Å². The Kier molecular flexibility index (Phi) is 2.53. The molecule has 4 nitrogen and oxygen atoms in total. The third-order valence-corrected chi connectivity index (χ3v) is 1.89. The van der Waals surface area contributed by atoms with Crippen LogP contribution in [-0.4, -0.2) is 16.4 Å². The minimum atomic E-state index is -0.324. The molecule has 76 valence electrons. The van der Waals surface area contributed by atoms with Crippen LogP contribution in [0.15, 0.2) is 28.8 Å². The average Bonchev–Trinajstić information content (AvgIpc) is 2.69. The highest BCUT2D eigenvalue weighted by Crippen LogP contribution is 2.10. The number of halogens is 1. The molecule has 0 N–H and O–H groups in total. The highest BCUT2D eigenvalue weighted by atomic mass is 19.1. The van der Waals surface area contributed by atoms with Crippen LogP contribution >= 0.6 is 0 Å². The van der Waals surface area contributed by atoms with Gasteiger partial charge < -0.3 is 4.52 Å². The molecule has 0 saturated carbocycles. The second-order valence-electron chi connectivity index (χ2n) is 2.93. The van der Waals surface area contributed by atoms with Gasteiger partial charge in [0.2, 0.25) is 6.29 Å². The highest BCUT2D eigenvalue weighted by molar-refractivity contribution is 5.66. The Labute approximate surface area is 84.7 Å². The molecule has 0 aliphatic carbocycles. The molecule has 15 heavy (non-hydrogen) atoms. The minimum Gasteiger partial charge on any atom is -0.331 e. The number of aromatic nitrogens is 2. The van der Waals surface area contributed by atoms with Crippen molar-refractivity contribution in [2.45, 2.75) is 6.42 Å².